The molecule has 1 aliphatic heterocycles. The Balaban J connectivity index is 1.81. The van der Waals surface area contributed by atoms with E-state index in [-0.39, 0.29) is 25.6 Å². The molecular weight excluding hydrogens is 270 g/mol. The summed E-state index contributed by atoms with van der Waals surface area (Å²) in [4.78, 5) is 23.8. The first-order valence-corrected chi connectivity index (χ1v) is 6.24. The summed E-state index contributed by atoms with van der Waals surface area (Å²) in [6.07, 6.45) is 0. The average Bonchev–Trinajstić information content (AvgIpc) is 2.28. The minimum atomic E-state index is -0.863. The van der Waals surface area contributed by atoms with Crippen LogP contribution < -0.4 is 4.74 Å². The molecule has 102 valence electrons. The van der Waals surface area contributed by atoms with E-state index in [1.54, 1.807) is 18.2 Å². The number of carbonyl (C=O) groups is 2. The quantitative estimate of drug-likeness (QED) is 0.911. The number of aliphatic carboxylic acids is 1. The van der Waals surface area contributed by atoms with E-state index in [0.29, 0.717) is 10.8 Å². The minimum Gasteiger partial charge on any atom is -0.484 e. The van der Waals surface area contributed by atoms with Crippen LogP contribution in [0.1, 0.15) is 5.56 Å². The van der Waals surface area contributed by atoms with E-state index in [4.69, 9.17) is 21.4 Å². The third-order valence-corrected chi connectivity index (χ3v) is 3.50. The number of likely N-dealkylation sites (tertiary alicyclic amines) is 1. The van der Waals surface area contributed by atoms with Crippen LogP contribution in [0.25, 0.3) is 0 Å². The third-order valence-electron chi connectivity index (χ3n) is 3.08. The van der Waals surface area contributed by atoms with Gasteiger partial charge in [0.15, 0.2) is 6.61 Å². The average molecular weight is 284 g/mol. The molecule has 2 rings (SSSR count). The lowest BCUT2D eigenvalue weighted by molar-refractivity contribution is -0.153. The van der Waals surface area contributed by atoms with Gasteiger partial charge < -0.3 is 14.7 Å². The van der Waals surface area contributed by atoms with E-state index < -0.39 is 11.9 Å². The maximum atomic E-state index is 11.7. The van der Waals surface area contributed by atoms with E-state index in [9.17, 15) is 9.59 Å². The van der Waals surface area contributed by atoms with Gasteiger partial charge in [0.25, 0.3) is 5.91 Å². The first-order valence-electron chi connectivity index (χ1n) is 5.87. The standard InChI is InChI=1S/C13H14ClNO4/c1-8-4-10(2-3-11(8)14)19-7-12(16)15-5-9(6-15)13(17)18/h2-4,9H,5-7H2,1H3,(H,17,18). The highest BCUT2D eigenvalue weighted by atomic mass is 35.5. The molecule has 1 fully saturated rings. The summed E-state index contributed by atoms with van der Waals surface area (Å²) in [5.41, 5.74) is 0.876. The lowest BCUT2D eigenvalue weighted by Crippen LogP contribution is -2.54. The summed E-state index contributed by atoms with van der Waals surface area (Å²) in [5.74, 6) is -0.935. The van der Waals surface area contributed by atoms with Crippen LogP contribution in [-0.4, -0.2) is 41.6 Å². The van der Waals surface area contributed by atoms with E-state index in [1.165, 1.54) is 4.90 Å². The molecule has 0 bridgehead atoms. The maximum absolute atomic E-state index is 11.7. The number of nitrogens with zero attached hydrogens (tertiary/aromatic N) is 1. The van der Waals surface area contributed by atoms with Crippen LogP contribution in [0.5, 0.6) is 5.75 Å². The molecule has 1 aromatic rings. The highest BCUT2D eigenvalue weighted by molar-refractivity contribution is 6.31. The maximum Gasteiger partial charge on any atom is 0.310 e. The molecule has 1 saturated heterocycles. The van der Waals surface area contributed by atoms with Crippen LogP contribution in [0.3, 0.4) is 0 Å². The largest absolute Gasteiger partial charge is 0.484 e. The van der Waals surface area contributed by atoms with Crippen LogP contribution in [0.15, 0.2) is 18.2 Å². The molecule has 5 nitrogen and oxygen atoms in total. The Morgan fingerprint density at radius 3 is 2.74 bits per heavy atom. The van der Waals surface area contributed by atoms with E-state index in [0.717, 1.165) is 5.56 Å². The Hall–Kier alpha value is -1.75. The SMILES string of the molecule is Cc1cc(OCC(=O)N2CC(C(=O)O)C2)ccc1Cl. The second-order valence-electron chi connectivity index (χ2n) is 4.53. The van der Waals surface area contributed by atoms with Gasteiger partial charge in [-0.25, -0.2) is 0 Å². The molecule has 1 aromatic carbocycles. The van der Waals surface area contributed by atoms with Crippen LogP contribution in [-0.2, 0) is 9.59 Å². The number of benzene rings is 1. The molecule has 0 saturated carbocycles. The van der Waals surface area contributed by atoms with Gasteiger partial charge in [0, 0.05) is 18.1 Å². The zero-order valence-corrected chi connectivity index (χ0v) is 11.2. The smallest absolute Gasteiger partial charge is 0.310 e. The van der Waals surface area contributed by atoms with Gasteiger partial charge in [-0.1, -0.05) is 11.6 Å². The highest BCUT2D eigenvalue weighted by Crippen LogP contribution is 2.21. The Labute approximate surface area is 115 Å². The first kappa shape index (κ1) is 13.7. The van der Waals surface area contributed by atoms with Gasteiger partial charge in [0.2, 0.25) is 0 Å². The molecule has 19 heavy (non-hydrogen) atoms. The van der Waals surface area contributed by atoms with Gasteiger partial charge in [0.05, 0.1) is 5.92 Å². The highest BCUT2D eigenvalue weighted by Gasteiger charge is 2.35. The number of rotatable bonds is 4. The summed E-state index contributed by atoms with van der Waals surface area (Å²) < 4.78 is 5.36. The van der Waals surface area contributed by atoms with Crippen molar-refractivity contribution in [3.8, 4) is 5.75 Å². The van der Waals surface area contributed by atoms with Crippen LogP contribution in [0.4, 0.5) is 0 Å². The van der Waals surface area contributed by atoms with E-state index >= 15 is 0 Å². The fraction of sp³-hybridized carbons (Fsp3) is 0.385. The lowest BCUT2D eigenvalue weighted by Gasteiger charge is -2.36. The normalized spacial score (nSPS) is 14.9. The van der Waals surface area contributed by atoms with Crippen molar-refractivity contribution in [3.05, 3.63) is 28.8 Å². The van der Waals surface area contributed by atoms with Crippen molar-refractivity contribution in [2.75, 3.05) is 19.7 Å². The molecule has 1 N–H and O–H groups in total. The summed E-state index contributed by atoms with van der Waals surface area (Å²) in [6, 6.07) is 5.16. The van der Waals surface area contributed by atoms with Crippen molar-refractivity contribution in [2.24, 2.45) is 5.92 Å². The molecule has 0 spiro atoms. The third kappa shape index (κ3) is 3.17. The van der Waals surface area contributed by atoms with Gasteiger partial charge >= 0.3 is 5.97 Å². The van der Waals surface area contributed by atoms with Crippen molar-refractivity contribution < 1.29 is 19.4 Å². The number of carboxylic acid groups (broad SMARTS) is 1. The minimum absolute atomic E-state index is 0.0899. The number of hydrogen-bond donors (Lipinski definition) is 1. The molecule has 0 radical (unpaired) electrons. The number of ether oxygens (including phenoxy) is 1. The van der Waals surface area contributed by atoms with Gasteiger partial charge in [-0.05, 0) is 30.7 Å². The second-order valence-corrected chi connectivity index (χ2v) is 4.94. The van der Waals surface area contributed by atoms with Crippen molar-refractivity contribution in [3.63, 3.8) is 0 Å². The fourth-order valence-corrected chi connectivity index (χ4v) is 1.90. The van der Waals surface area contributed by atoms with Gasteiger partial charge in [0.1, 0.15) is 5.75 Å². The number of aryl methyl sites for hydroxylation is 1. The zero-order valence-electron chi connectivity index (χ0n) is 10.4. The van der Waals surface area contributed by atoms with Crippen molar-refractivity contribution in [1.82, 2.24) is 4.90 Å². The first-order chi connectivity index (χ1) is 8.97. The van der Waals surface area contributed by atoms with E-state index in [1.807, 2.05) is 6.92 Å². The van der Waals surface area contributed by atoms with Gasteiger partial charge in [-0.15, -0.1) is 0 Å². The Bertz CT molecular complexity index is 511. The summed E-state index contributed by atoms with van der Waals surface area (Å²) in [7, 11) is 0. The number of amides is 1. The van der Waals surface area contributed by atoms with Crippen LogP contribution in [0.2, 0.25) is 5.02 Å². The summed E-state index contributed by atoms with van der Waals surface area (Å²) >= 11 is 5.88. The molecule has 1 aliphatic rings. The summed E-state index contributed by atoms with van der Waals surface area (Å²) in [6.45, 7) is 2.28. The topological polar surface area (TPSA) is 66.8 Å². The molecule has 0 aliphatic carbocycles. The van der Waals surface area contributed by atoms with Gasteiger partial charge in [-0.3, -0.25) is 9.59 Å². The predicted molar refractivity (Wildman–Crippen MR) is 69.4 cm³/mol. The predicted octanol–water partition coefficient (Wildman–Crippen LogP) is 1.57. The Kier molecular flexibility index (Phi) is 3.95. The van der Waals surface area contributed by atoms with Crippen molar-refractivity contribution in [2.45, 2.75) is 6.92 Å². The van der Waals surface area contributed by atoms with Crippen LogP contribution >= 0.6 is 11.6 Å². The zero-order chi connectivity index (χ0) is 14.0. The Morgan fingerprint density at radius 1 is 1.47 bits per heavy atom. The second kappa shape index (κ2) is 5.48. The number of carboxylic acids is 1. The van der Waals surface area contributed by atoms with Crippen molar-refractivity contribution >= 4 is 23.5 Å². The monoisotopic (exact) mass is 283 g/mol. The fourth-order valence-electron chi connectivity index (χ4n) is 1.78. The van der Waals surface area contributed by atoms with Gasteiger partial charge in [-0.2, -0.15) is 0 Å². The van der Waals surface area contributed by atoms with E-state index in [2.05, 4.69) is 0 Å². The molecule has 1 heterocycles. The number of hydrogen-bond acceptors (Lipinski definition) is 3. The molecule has 0 atom stereocenters. The molecule has 1 amide bonds. The Morgan fingerprint density at radius 2 is 2.16 bits per heavy atom. The number of carbonyl (C=O) groups excluding carboxylic acids is 1. The van der Waals surface area contributed by atoms with Crippen molar-refractivity contribution in [1.29, 1.82) is 0 Å². The number of halogens is 1. The molecule has 0 aromatic heterocycles. The van der Waals surface area contributed by atoms with Crippen LogP contribution in [0, 0.1) is 12.8 Å². The summed E-state index contributed by atoms with van der Waals surface area (Å²) in [5, 5.41) is 9.36. The molecule has 0 unspecified atom stereocenters. The molecule has 6 heteroatoms. The lowest BCUT2D eigenvalue weighted by atomic mass is 10.0. The molecular formula is C13H14ClNO4.